The zero-order valence-corrected chi connectivity index (χ0v) is 56.6. The average molecular weight is 1330 g/mol. The van der Waals surface area contributed by atoms with Crippen molar-refractivity contribution >= 4 is 5.91 Å². The van der Waals surface area contributed by atoms with Gasteiger partial charge in [0.25, 0.3) is 0 Å². The molecule has 17 atom stereocenters. The molecule has 0 spiro atoms. The summed E-state index contributed by atoms with van der Waals surface area (Å²) in [5, 5.41) is 120. The highest BCUT2D eigenvalue weighted by molar-refractivity contribution is 5.76. The van der Waals surface area contributed by atoms with Crippen molar-refractivity contribution in [2.75, 3.05) is 26.4 Å². The normalized spacial score (nSPS) is 28.2. The number of ether oxygens (including phenoxy) is 6. The highest BCUT2D eigenvalue weighted by Gasteiger charge is 2.53. The van der Waals surface area contributed by atoms with Crippen molar-refractivity contribution in [3.05, 3.63) is 134 Å². The van der Waals surface area contributed by atoms with Crippen LogP contribution in [-0.2, 0) is 33.2 Å². The molecule has 94 heavy (non-hydrogen) atoms. The van der Waals surface area contributed by atoms with E-state index in [9.17, 15) is 61.0 Å². The fraction of sp³-hybridized carbons (Fsp3) is 0.693. The predicted molar refractivity (Wildman–Crippen MR) is 369 cm³/mol. The summed E-state index contributed by atoms with van der Waals surface area (Å²) in [5.41, 5.74) is 0. The lowest BCUT2D eigenvalue weighted by molar-refractivity contribution is -0.379. The van der Waals surface area contributed by atoms with Gasteiger partial charge in [-0.1, -0.05) is 225 Å². The first-order valence-corrected chi connectivity index (χ1v) is 35.4. The van der Waals surface area contributed by atoms with Crippen LogP contribution in [0.2, 0.25) is 0 Å². The number of allylic oxidation sites excluding steroid dienone is 21. The van der Waals surface area contributed by atoms with Crippen LogP contribution >= 0.6 is 0 Å². The maximum atomic E-state index is 13.4. The topological polar surface area (TPSA) is 307 Å². The number of hydrogen-bond acceptors (Lipinski definition) is 18. The number of rotatable bonds is 52. The van der Waals surface area contributed by atoms with Crippen LogP contribution in [-0.4, -0.2) is 193 Å². The maximum absolute atomic E-state index is 13.4. The Morgan fingerprint density at radius 3 is 1.19 bits per heavy atom. The van der Waals surface area contributed by atoms with E-state index in [1.54, 1.807) is 6.08 Å². The molecule has 0 aromatic rings. The van der Waals surface area contributed by atoms with E-state index in [0.717, 1.165) is 109 Å². The van der Waals surface area contributed by atoms with Gasteiger partial charge < -0.3 is 89.9 Å². The number of aliphatic hydroxyl groups excluding tert-OH is 11. The summed E-state index contributed by atoms with van der Waals surface area (Å²) in [6, 6.07) is -1.00. The monoisotopic (exact) mass is 1330 g/mol. The minimum absolute atomic E-state index is 0.219. The van der Waals surface area contributed by atoms with Gasteiger partial charge in [-0.05, 0) is 103 Å². The average Bonchev–Trinajstić information content (AvgIpc) is 0.794. The Morgan fingerprint density at radius 1 is 0.394 bits per heavy atom. The van der Waals surface area contributed by atoms with Gasteiger partial charge in [0.1, 0.15) is 73.2 Å². The summed E-state index contributed by atoms with van der Waals surface area (Å²) in [4.78, 5) is 13.4. The largest absolute Gasteiger partial charge is 0.394 e. The van der Waals surface area contributed by atoms with E-state index in [1.807, 2.05) is 6.08 Å². The molecule has 1 amide bonds. The van der Waals surface area contributed by atoms with E-state index >= 15 is 0 Å². The van der Waals surface area contributed by atoms with Crippen molar-refractivity contribution in [2.45, 2.75) is 304 Å². The SMILES string of the molecule is CC/C=C\C/C=C\C/C=C\C/C=C\C/C=C\C/C=C\C/C=C\C/C=C\C/C=C\CCCCCCCCCCCC(=O)NC(COC1OC(CO)C(OC2OC(CO)C(OC3OC(CO)C(O)C(O)C3O)C(O)C2O)C(O)C1O)C(O)/C=C/CC/C=C/CCCCCCCC. The molecule has 3 rings (SSSR count). The minimum Gasteiger partial charge on any atom is -0.394 e. The fourth-order valence-electron chi connectivity index (χ4n) is 11.0. The highest BCUT2D eigenvalue weighted by atomic mass is 16.8. The second-order valence-electron chi connectivity index (χ2n) is 24.6. The number of unbranched alkanes of at least 4 members (excludes halogenated alkanes) is 16. The summed E-state index contributed by atoms with van der Waals surface area (Å²) >= 11 is 0. The van der Waals surface area contributed by atoms with Gasteiger partial charge in [0.2, 0.25) is 5.91 Å². The zero-order valence-electron chi connectivity index (χ0n) is 56.6. The van der Waals surface area contributed by atoms with E-state index in [0.29, 0.717) is 12.8 Å². The van der Waals surface area contributed by atoms with Crippen LogP contribution in [0.15, 0.2) is 134 Å². The van der Waals surface area contributed by atoms with Gasteiger partial charge in [-0.15, -0.1) is 0 Å². The van der Waals surface area contributed by atoms with Crippen LogP contribution in [0.25, 0.3) is 0 Å². The van der Waals surface area contributed by atoms with Crippen molar-refractivity contribution in [3.63, 3.8) is 0 Å². The first-order valence-electron chi connectivity index (χ1n) is 35.4. The second kappa shape index (κ2) is 54.9. The molecule has 19 heteroatoms. The molecule has 0 aromatic heterocycles. The number of nitrogens with one attached hydrogen (secondary N) is 1. The maximum Gasteiger partial charge on any atom is 0.220 e. The first-order chi connectivity index (χ1) is 45.8. The smallest absolute Gasteiger partial charge is 0.220 e. The van der Waals surface area contributed by atoms with Crippen LogP contribution in [0, 0.1) is 0 Å². The fourth-order valence-corrected chi connectivity index (χ4v) is 11.0. The lowest BCUT2D eigenvalue weighted by atomic mass is 9.96. The van der Waals surface area contributed by atoms with E-state index in [4.69, 9.17) is 28.4 Å². The minimum atomic E-state index is -1.99. The number of aliphatic hydroxyl groups is 11. The van der Waals surface area contributed by atoms with Gasteiger partial charge in [-0.3, -0.25) is 4.79 Å². The summed E-state index contributed by atoms with van der Waals surface area (Å²) in [6.45, 7) is 1.54. The molecule has 12 N–H and O–H groups in total. The second-order valence-corrected chi connectivity index (χ2v) is 24.6. The van der Waals surface area contributed by atoms with Gasteiger partial charge >= 0.3 is 0 Å². The molecular formula is C75H123NO18. The van der Waals surface area contributed by atoms with Gasteiger partial charge in [0.05, 0.1) is 38.6 Å². The molecule has 17 unspecified atom stereocenters. The lowest BCUT2D eigenvalue weighted by Crippen LogP contribution is -2.66. The molecule has 3 saturated heterocycles. The van der Waals surface area contributed by atoms with Crippen LogP contribution in [0.1, 0.15) is 200 Å². The predicted octanol–water partition coefficient (Wildman–Crippen LogP) is 9.77. The summed E-state index contributed by atoms with van der Waals surface area (Å²) < 4.78 is 34.3. The van der Waals surface area contributed by atoms with E-state index in [1.165, 1.54) is 57.8 Å². The molecule has 3 fully saturated rings. The van der Waals surface area contributed by atoms with Crippen molar-refractivity contribution < 1.29 is 89.4 Å². The summed E-state index contributed by atoms with van der Waals surface area (Å²) in [7, 11) is 0. The Morgan fingerprint density at radius 2 is 0.745 bits per heavy atom. The Hall–Kier alpha value is -4.07. The van der Waals surface area contributed by atoms with Crippen molar-refractivity contribution in [1.82, 2.24) is 5.32 Å². The van der Waals surface area contributed by atoms with Crippen molar-refractivity contribution in [3.8, 4) is 0 Å². The molecule has 3 aliphatic rings. The van der Waals surface area contributed by atoms with E-state index in [-0.39, 0.29) is 18.9 Å². The third kappa shape index (κ3) is 36.0. The van der Waals surface area contributed by atoms with E-state index < -0.39 is 124 Å². The third-order valence-electron chi connectivity index (χ3n) is 16.7. The number of carbonyl (C=O) groups is 1. The van der Waals surface area contributed by atoms with Gasteiger partial charge in [-0.25, -0.2) is 0 Å². The first kappa shape index (κ1) is 84.2. The molecule has 0 aromatic carbocycles. The number of hydrogen-bond donors (Lipinski definition) is 12. The van der Waals surface area contributed by atoms with Gasteiger partial charge in [0, 0.05) is 6.42 Å². The van der Waals surface area contributed by atoms with E-state index in [2.05, 4.69) is 141 Å². The Labute approximate surface area is 562 Å². The van der Waals surface area contributed by atoms with Crippen LogP contribution < -0.4 is 5.32 Å². The molecule has 3 heterocycles. The van der Waals surface area contributed by atoms with Crippen molar-refractivity contribution in [1.29, 1.82) is 0 Å². The van der Waals surface area contributed by atoms with Gasteiger partial charge in [0.15, 0.2) is 18.9 Å². The zero-order chi connectivity index (χ0) is 68.2. The lowest BCUT2D eigenvalue weighted by Gasteiger charge is -2.48. The molecule has 0 saturated carbocycles. The summed E-state index contributed by atoms with van der Waals surface area (Å²) in [6.07, 6.45) is 50.2. The highest BCUT2D eigenvalue weighted by Crippen LogP contribution is 2.33. The molecule has 536 valence electrons. The molecule has 19 nitrogen and oxygen atoms in total. The van der Waals surface area contributed by atoms with Crippen LogP contribution in [0.3, 0.4) is 0 Å². The van der Waals surface area contributed by atoms with Gasteiger partial charge in [-0.2, -0.15) is 0 Å². The molecular weight excluding hydrogens is 1200 g/mol. The Bertz CT molecular complexity index is 2220. The van der Waals surface area contributed by atoms with Crippen molar-refractivity contribution in [2.24, 2.45) is 0 Å². The molecule has 3 aliphatic heterocycles. The van der Waals surface area contributed by atoms with Crippen LogP contribution in [0.4, 0.5) is 0 Å². The quantitative estimate of drug-likeness (QED) is 0.0199. The third-order valence-corrected chi connectivity index (χ3v) is 16.7. The molecule has 0 bridgehead atoms. The Kier molecular flexibility index (Phi) is 49.1. The summed E-state index contributed by atoms with van der Waals surface area (Å²) in [5.74, 6) is -0.300. The number of carbonyl (C=O) groups excluding carboxylic acids is 1. The van der Waals surface area contributed by atoms with Crippen LogP contribution in [0.5, 0.6) is 0 Å². The number of amides is 1. The molecule has 0 radical (unpaired) electrons. The standard InChI is InChI=1S/C75H123NO18/c1-3-5-7-9-11-13-15-17-18-19-20-21-22-23-24-25-26-27-28-29-30-31-32-33-34-35-36-37-38-39-40-41-43-45-47-49-51-53-63(81)76-58(59(80)52-50-48-46-44-42-16-14-12-10-8-6-4-2)57-89-73-69(87)66(84)71(61(55-78)91-73)94-75-70(88)67(85)72(62(56-79)92-75)93-74-68(86)65(83)64(82)60(54-77)90-74/h5,7,11,13,17-18,20-21,23-24,26-27,29-30,32-33,35-36,42,44,50,52,58-62,64-75,77-80,82-88H,3-4,6,8-10,12,14-16,19,22,25,28,31,34,37-41,43,45-49,51,53-57H2,1-2H3,(H,76,81)/b7-5-,13-11-,18-17-,21-20-,24-23-,27-26-,30-29-,33-32-,36-35-,44-42+,52-50+. The molecule has 0 aliphatic carbocycles. The Balaban J connectivity index is 1.36.